The van der Waals surface area contributed by atoms with Crippen molar-refractivity contribution < 1.29 is 59.1 Å². The topological polar surface area (TPSA) is 87.0 Å². The number of nitrogens with zero attached hydrogens (tertiary/aromatic N) is 2. The third-order valence-corrected chi connectivity index (χ3v) is 11.4. The van der Waals surface area contributed by atoms with Crippen LogP contribution in [-0.2, 0) is 16.2 Å². The second-order valence-corrected chi connectivity index (χ2v) is 16.1. The first-order chi connectivity index (χ1) is 30.2. The van der Waals surface area contributed by atoms with Crippen LogP contribution in [0.25, 0.3) is 32.6 Å². The highest BCUT2D eigenvalue weighted by Gasteiger charge is 2.75. The van der Waals surface area contributed by atoms with Crippen molar-refractivity contribution in [2.45, 2.75) is 98.0 Å². The highest BCUT2D eigenvalue weighted by molar-refractivity contribution is 6.52. The normalized spacial score (nSPS) is 13.3. The molecule has 15 heteroatoms. The Morgan fingerprint density at radius 1 is 0.766 bits per heavy atom. The van der Waals surface area contributed by atoms with Crippen molar-refractivity contribution in [1.29, 1.82) is 0 Å². The Balaban J connectivity index is 1.54. The van der Waals surface area contributed by atoms with E-state index >= 15 is 0 Å². The molecule has 1 heterocycles. The second-order valence-electron chi connectivity index (χ2n) is 16.1. The fourth-order valence-corrected chi connectivity index (χ4v) is 8.22. The average Bonchev–Trinajstić information content (AvgIpc) is 3.55. The van der Waals surface area contributed by atoms with Crippen molar-refractivity contribution in [2.75, 3.05) is 6.61 Å². The Morgan fingerprint density at radius 2 is 1.41 bits per heavy atom. The van der Waals surface area contributed by atoms with Crippen molar-refractivity contribution in [1.82, 2.24) is 4.57 Å². The SMILES string of the molecule is CCCCC(CC)Cn1c2ccc(C(=O)/C(=N/OC(C)=O)c3ccccc3OCC(F)(F)C(F)(F)C(F)(F)C(F)F)cc2c2cc(C(=O)c3c(C)cc(C)cc3C)c3ccccc3c21. The van der Waals surface area contributed by atoms with Crippen LogP contribution >= 0.6 is 0 Å². The van der Waals surface area contributed by atoms with Crippen LogP contribution in [0.4, 0.5) is 35.1 Å². The third kappa shape index (κ3) is 8.85. The minimum atomic E-state index is -6.55. The maximum Gasteiger partial charge on any atom is 0.381 e. The van der Waals surface area contributed by atoms with Crippen molar-refractivity contribution in [2.24, 2.45) is 11.1 Å². The molecular formula is C49H46F8N2O5. The summed E-state index contributed by atoms with van der Waals surface area (Å²) in [5, 5.41) is 6.36. The van der Waals surface area contributed by atoms with Crippen molar-refractivity contribution in [3.8, 4) is 5.75 Å². The summed E-state index contributed by atoms with van der Waals surface area (Å²) in [4.78, 5) is 46.1. The molecule has 1 atom stereocenters. The Hall–Kier alpha value is -6.12. The number of halogens is 8. The zero-order chi connectivity index (χ0) is 46.9. The van der Waals surface area contributed by atoms with Gasteiger partial charge in [-0.15, -0.1) is 0 Å². The number of oxime groups is 1. The fraction of sp³-hybridized carbons (Fsp3) is 0.347. The number of hydrogen-bond donors (Lipinski definition) is 0. The Bertz CT molecular complexity index is 2770. The van der Waals surface area contributed by atoms with Gasteiger partial charge in [-0.1, -0.05) is 92.4 Å². The summed E-state index contributed by atoms with van der Waals surface area (Å²) >= 11 is 0. The molecule has 6 aromatic rings. The van der Waals surface area contributed by atoms with Gasteiger partial charge in [0.2, 0.25) is 5.78 Å². The van der Waals surface area contributed by atoms with Gasteiger partial charge in [-0.05, 0) is 86.0 Å². The van der Waals surface area contributed by atoms with Gasteiger partial charge in [0.1, 0.15) is 5.75 Å². The number of benzene rings is 5. The van der Waals surface area contributed by atoms with Crippen LogP contribution in [0.2, 0.25) is 0 Å². The van der Waals surface area contributed by atoms with E-state index in [4.69, 9.17) is 9.57 Å². The first kappa shape index (κ1) is 47.4. The van der Waals surface area contributed by atoms with Crippen molar-refractivity contribution in [3.63, 3.8) is 0 Å². The molecule has 1 aromatic heterocycles. The molecule has 5 aromatic carbocycles. The molecule has 64 heavy (non-hydrogen) atoms. The number of alkyl halides is 8. The molecule has 0 aliphatic heterocycles. The predicted molar refractivity (Wildman–Crippen MR) is 230 cm³/mol. The van der Waals surface area contributed by atoms with E-state index in [1.165, 1.54) is 18.2 Å². The molecule has 0 amide bonds. The van der Waals surface area contributed by atoms with Gasteiger partial charge in [-0.2, -0.15) is 26.3 Å². The van der Waals surface area contributed by atoms with Crippen LogP contribution in [0.1, 0.15) is 95.0 Å². The number of para-hydroxylation sites is 1. The lowest BCUT2D eigenvalue weighted by Crippen LogP contribution is -2.59. The summed E-state index contributed by atoms with van der Waals surface area (Å²) in [7, 11) is 0. The number of carbonyl (C=O) groups is 3. The van der Waals surface area contributed by atoms with Gasteiger partial charge in [-0.25, -0.2) is 13.6 Å². The number of unbranched alkanes of at least 4 members (excludes halogenated alkanes) is 1. The summed E-state index contributed by atoms with van der Waals surface area (Å²) in [6.45, 7) is 8.96. The van der Waals surface area contributed by atoms with Crippen LogP contribution in [0, 0.1) is 26.7 Å². The minimum Gasteiger partial charge on any atom is -0.486 e. The lowest BCUT2D eigenvalue weighted by Gasteiger charge is -2.32. The largest absolute Gasteiger partial charge is 0.486 e. The van der Waals surface area contributed by atoms with E-state index < -0.39 is 59.6 Å². The van der Waals surface area contributed by atoms with Crippen LogP contribution in [-0.4, -0.2) is 58.6 Å². The molecule has 7 nitrogen and oxygen atoms in total. The van der Waals surface area contributed by atoms with Gasteiger partial charge < -0.3 is 14.1 Å². The molecular weight excluding hydrogens is 849 g/mol. The quantitative estimate of drug-likeness (QED) is 0.0282. The van der Waals surface area contributed by atoms with Crippen LogP contribution in [0.3, 0.4) is 0 Å². The van der Waals surface area contributed by atoms with Crippen LogP contribution < -0.4 is 4.74 Å². The summed E-state index contributed by atoms with van der Waals surface area (Å²) in [6, 6.07) is 22.4. The number of Topliss-reactive ketones (excluding diaryl/α,β-unsaturated/α-hetero) is 1. The first-order valence-corrected chi connectivity index (χ1v) is 20.7. The minimum absolute atomic E-state index is 0.0787. The van der Waals surface area contributed by atoms with E-state index in [0.29, 0.717) is 34.0 Å². The molecule has 0 bridgehead atoms. The van der Waals surface area contributed by atoms with Crippen molar-refractivity contribution >= 4 is 55.8 Å². The molecule has 0 N–H and O–H groups in total. The van der Waals surface area contributed by atoms with Crippen LogP contribution in [0.15, 0.2) is 90.1 Å². The number of fused-ring (bicyclic) bond motifs is 5. The summed E-state index contributed by atoms with van der Waals surface area (Å²) in [6.07, 6.45) is -1.32. The van der Waals surface area contributed by atoms with E-state index in [-0.39, 0.29) is 17.3 Å². The predicted octanol–water partition coefficient (Wildman–Crippen LogP) is 13.0. The third-order valence-electron chi connectivity index (χ3n) is 11.4. The Morgan fingerprint density at radius 3 is 2.03 bits per heavy atom. The first-order valence-electron chi connectivity index (χ1n) is 20.7. The number of ether oxygens (including phenoxy) is 1. The smallest absolute Gasteiger partial charge is 0.381 e. The van der Waals surface area contributed by atoms with E-state index in [1.807, 2.05) is 63.2 Å². The van der Waals surface area contributed by atoms with Gasteiger partial charge >= 0.3 is 30.2 Å². The maximum absolute atomic E-state index is 14.7. The number of aryl methyl sites for hydroxylation is 3. The lowest BCUT2D eigenvalue weighted by molar-refractivity contribution is -0.342. The Kier molecular flexibility index (Phi) is 13.7. The molecule has 0 saturated heterocycles. The summed E-state index contributed by atoms with van der Waals surface area (Å²) < 4.78 is 118. The second kappa shape index (κ2) is 18.5. The van der Waals surface area contributed by atoms with Crippen molar-refractivity contribution in [3.05, 3.63) is 124 Å². The van der Waals surface area contributed by atoms with E-state index in [0.717, 1.165) is 77.7 Å². The fourth-order valence-electron chi connectivity index (χ4n) is 8.22. The molecule has 0 spiro atoms. The Labute approximate surface area is 364 Å². The average molecular weight is 895 g/mol. The number of hydrogen-bond acceptors (Lipinski definition) is 6. The molecule has 0 aliphatic carbocycles. The number of carbonyl (C=O) groups excluding carboxylic acids is 3. The molecule has 0 fully saturated rings. The molecule has 0 aliphatic rings. The lowest BCUT2D eigenvalue weighted by atomic mass is 9.89. The maximum atomic E-state index is 14.7. The van der Waals surface area contributed by atoms with E-state index in [9.17, 15) is 49.5 Å². The molecule has 0 saturated carbocycles. The summed E-state index contributed by atoms with van der Waals surface area (Å²) in [5.74, 6) is -21.5. The van der Waals surface area contributed by atoms with Gasteiger partial charge in [0, 0.05) is 57.4 Å². The molecule has 338 valence electrons. The van der Waals surface area contributed by atoms with Crippen LogP contribution in [0.5, 0.6) is 5.75 Å². The molecule has 0 radical (unpaired) electrons. The van der Waals surface area contributed by atoms with E-state index in [1.54, 1.807) is 12.1 Å². The highest BCUT2D eigenvalue weighted by Crippen LogP contribution is 2.49. The molecule has 6 rings (SSSR count). The monoisotopic (exact) mass is 894 g/mol. The zero-order valence-corrected chi connectivity index (χ0v) is 35.9. The van der Waals surface area contributed by atoms with E-state index in [2.05, 4.69) is 23.6 Å². The van der Waals surface area contributed by atoms with Gasteiger partial charge in [0.05, 0.1) is 5.52 Å². The number of rotatable bonds is 18. The highest BCUT2D eigenvalue weighted by atomic mass is 19.4. The zero-order valence-electron chi connectivity index (χ0n) is 35.9. The van der Waals surface area contributed by atoms with Gasteiger partial charge in [0.25, 0.3) is 0 Å². The number of ketones is 2. The van der Waals surface area contributed by atoms with Gasteiger partial charge in [0.15, 0.2) is 18.1 Å². The summed E-state index contributed by atoms with van der Waals surface area (Å²) in [5.41, 5.74) is 3.80. The standard InChI is InChI=1S/C49H46F8N2O5/c1-7-9-14-31(8-2)25-59-39-20-19-32(23-36(39)37-24-38(33-15-10-11-16-34(33)43(37)59)45(62)41-28(4)21-27(3)22-29(41)5)44(61)42(58-64-30(6)60)35-17-12-13-18-40(35)63-26-47(52,53)49(56,57)48(54,55)46(50)51/h10-13,15-24,31,46H,7-9,14,25-26H2,1-6H3/b58-42+. The number of aromatic nitrogens is 1. The molecule has 1 unspecified atom stereocenters. The van der Waals surface area contributed by atoms with Gasteiger partial charge in [-0.3, -0.25) is 9.59 Å².